The second-order valence-electron chi connectivity index (χ2n) is 7.16. The van der Waals surface area contributed by atoms with Crippen LogP contribution in [0.15, 0.2) is 53.1 Å². The van der Waals surface area contributed by atoms with E-state index < -0.39 is 15.8 Å². The minimum atomic E-state index is -3.71. The van der Waals surface area contributed by atoms with Gasteiger partial charge in [-0.15, -0.1) is 0 Å². The van der Waals surface area contributed by atoms with Gasteiger partial charge in [0.25, 0.3) is 0 Å². The van der Waals surface area contributed by atoms with Crippen molar-refractivity contribution in [3.05, 3.63) is 65.3 Å². The van der Waals surface area contributed by atoms with Crippen LogP contribution in [0.25, 0.3) is 11.4 Å². The SMILES string of the molecule is CN(Cc1nc(-c2cccc(Cl)c2)no1)C(=O)CCCN(c1ccccc1F)S(C)(=O)=O. The lowest BCUT2D eigenvalue weighted by molar-refractivity contribution is -0.130. The van der Waals surface area contributed by atoms with E-state index in [1.807, 2.05) is 0 Å². The van der Waals surface area contributed by atoms with Gasteiger partial charge in [-0.25, -0.2) is 12.8 Å². The topological polar surface area (TPSA) is 96.6 Å². The van der Waals surface area contributed by atoms with Crippen molar-refractivity contribution in [1.29, 1.82) is 0 Å². The Morgan fingerprint density at radius 2 is 1.94 bits per heavy atom. The van der Waals surface area contributed by atoms with Gasteiger partial charge in [0.15, 0.2) is 0 Å². The Morgan fingerprint density at radius 3 is 2.62 bits per heavy atom. The summed E-state index contributed by atoms with van der Waals surface area (Å²) in [5.41, 5.74) is 0.644. The average molecular weight is 481 g/mol. The largest absolute Gasteiger partial charge is 0.337 e. The van der Waals surface area contributed by atoms with Gasteiger partial charge in [-0.1, -0.05) is 41.0 Å². The van der Waals surface area contributed by atoms with Crippen molar-refractivity contribution in [2.45, 2.75) is 19.4 Å². The molecule has 0 N–H and O–H groups in total. The number of anilines is 1. The first-order valence-corrected chi connectivity index (χ1v) is 11.9. The lowest BCUT2D eigenvalue weighted by Gasteiger charge is -2.23. The van der Waals surface area contributed by atoms with E-state index in [1.165, 1.54) is 23.1 Å². The van der Waals surface area contributed by atoms with Crippen LogP contribution in [0, 0.1) is 5.82 Å². The third kappa shape index (κ3) is 6.04. The van der Waals surface area contributed by atoms with Crippen LogP contribution in [-0.4, -0.2) is 49.2 Å². The van der Waals surface area contributed by atoms with E-state index in [4.69, 9.17) is 16.1 Å². The number of nitrogens with zero attached hydrogens (tertiary/aromatic N) is 4. The molecule has 0 spiro atoms. The number of halogens is 2. The number of para-hydroxylation sites is 1. The third-order valence-electron chi connectivity index (χ3n) is 4.62. The lowest BCUT2D eigenvalue weighted by Crippen LogP contribution is -2.33. The van der Waals surface area contributed by atoms with Crippen LogP contribution in [0.4, 0.5) is 10.1 Å². The number of sulfonamides is 1. The van der Waals surface area contributed by atoms with Crippen molar-refractivity contribution in [2.24, 2.45) is 0 Å². The molecule has 0 fully saturated rings. The third-order valence-corrected chi connectivity index (χ3v) is 6.04. The highest BCUT2D eigenvalue weighted by atomic mass is 35.5. The molecule has 0 saturated carbocycles. The van der Waals surface area contributed by atoms with E-state index in [0.717, 1.165) is 10.6 Å². The summed E-state index contributed by atoms with van der Waals surface area (Å²) in [6.07, 6.45) is 1.27. The average Bonchev–Trinajstić information content (AvgIpc) is 3.19. The van der Waals surface area contributed by atoms with E-state index in [9.17, 15) is 17.6 Å². The summed E-state index contributed by atoms with van der Waals surface area (Å²) < 4.78 is 44.4. The molecule has 1 heterocycles. The Labute approximate surface area is 190 Å². The first kappa shape index (κ1) is 23.7. The van der Waals surface area contributed by atoms with Crippen LogP contribution in [0.1, 0.15) is 18.7 Å². The number of hydrogen-bond donors (Lipinski definition) is 0. The first-order valence-electron chi connectivity index (χ1n) is 9.70. The van der Waals surface area contributed by atoms with Crippen molar-refractivity contribution < 1.29 is 22.1 Å². The van der Waals surface area contributed by atoms with Crippen molar-refractivity contribution in [1.82, 2.24) is 15.0 Å². The first-order chi connectivity index (χ1) is 15.1. The predicted molar refractivity (Wildman–Crippen MR) is 119 cm³/mol. The van der Waals surface area contributed by atoms with Gasteiger partial charge < -0.3 is 9.42 Å². The van der Waals surface area contributed by atoms with Crippen molar-refractivity contribution >= 4 is 33.2 Å². The Morgan fingerprint density at radius 1 is 1.19 bits per heavy atom. The Kier molecular flexibility index (Phi) is 7.47. The van der Waals surface area contributed by atoms with Crippen molar-refractivity contribution in [2.75, 3.05) is 24.2 Å². The maximum Gasteiger partial charge on any atom is 0.246 e. The predicted octanol–water partition coefficient (Wildman–Crippen LogP) is 3.73. The fourth-order valence-electron chi connectivity index (χ4n) is 3.04. The Bertz CT molecular complexity index is 1200. The zero-order valence-corrected chi connectivity index (χ0v) is 19.1. The van der Waals surface area contributed by atoms with E-state index in [1.54, 1.807) is 37.4 Å². The quantitative estimate of drug-likeness (QED) is 0.463. The summed E-state index contributed by atoms with van der Waals surface area (Å²) in [7, 11) is -2.13. The zero-order valence-electron chi connectivity index (χ0n) is 17.5. The minimum Gasteiger partial charge on any atom is -0.337 e. The summed E-state index contributed by atoms with van der Waals surface area (Å²) in [5, 5.41) is 4.44. The molecule has 3 rings (SSSR count). The summed E-state index contributed by atoms with van der Waals surface area (Å²) in [4.78, 5) is 18.2. The van der Waals surface area contributed by atoms with Gasteiger partial charge in [-0.05, 0) is 30.7 Å². The second kappa shape index (κ2) is 10.1. The number of amides is 1. The van der Waals surface area contributed by atoms with Crippen molar-refractivity contribution in [3.63, 3.8) is 0 Å². The molecule has 32 heavy (non-hydrogen) atoms. The number of hydrogen-bond acceptors (Lipinski definition) is 6. The molecule has 11 heteroatoms. The highest BCUT2D eigenvalue weighted by molar-refractivity contribution is 7.92. The van der Waals surface area contributed by atoms with E-state index in [2.05, 4.69) is 10.1 Å². The van der Waals surface area contributed by atoms with Gasteiger partial charge in [0.1, 0.15) is 5.82 Å². The highest BCUT2D eigenvalue weighted by Gasteiger charge is 2.21. The molecule has 1 amide bonds. The number of carbonyl (C=O) groups is 1. The van der Waals surface area contributed by atoms with Crippen LogP contribution in [-0.2, 0) is 21.4 Å². The standard InChI is InChI=1S/C21H22ClFN4O4S/c1-26(14-19-24-21(25-31-19)15-7-5-8-16(22)13-15)20(28)11-6-12-27(32(2,29)30)18-10-4-3-9-17(18)23/h3-5,7-10,13H,6,11-12,14H2,1-2H3. The summed E-state index contributed by atoms with van der Waals surface area (Å²) >= 11 is 5.97. The minimum absolute atomic E-state index is 0.0289. The number of aromatic nitrogens is 2. The lowest BCUT2D eigenvalue weighted by atomic mass is 10.2. The monoisotopic (exact) mass is 480 g/mol. The number of rotatable bonds is 9. The Balaban J connectivity index is 1.57. The molecular weight excluding hydrogens is 459 g/mol. The molecule has 0 atom stereocenters. The van der Waals surface area contributed by atoms with Crippen LogP contribution >= 0.6 is 11.6 Å². The van der Waals surface area contributed by atoms with Gasteiger partial charge >= 0.3 is 0 Å². The maximum absolute atomic E-state index is 14.1. The molecule has 1 aromatic heterocycles. The van der Waals surface area contributed by atoms with E-state index >= 15 is 0 Å². The smallest absolute Gasteiger partial charge is 0.246 e. The zero-order chi connectivity index (χ0) is 23.3. The fraction of sp³-hybridized carbons (Fsp3) is 0.286. The molecule has 3 aromatic rings. The van der Waals surface area contributed by atoms with E-state index in [-0.39, 0.29) is 43.4 Å². The van der Waals surface area contributed by atoms with Gasteiger partial charge in [0.05, 0.1) is 18.5 Å². The number of carbonyl (C=O) groups excluding carboxylic acids is 1. The molecule has 0 bridgehead atoms. The fourth-order valence-corrected chi connectivity index (χ4v) is 4.20. The van der Waals surface area contributed by atoms with Crippen molar-refractivity contribution in [3.8, 4) is 11.4 Å². The number of benzene rings is 2. The second-order valence-corrected chi connectivity index (χ2v) is 9.51. The molecule has 0 unspecified atom stereocenters. The van der Waals surface area contributed by atoms with Gasteiger partial charge in [-0.3, -0.25) is 9.10 Å². The van der Waals surface area contributed by atoms with Crippen LogP contribution < -0.4 is 4.31 Å². The van der Waals surface area contributed by atoms with Gasteiger partial charge in [0, 0.05) is 30.6 Å². The maximum atomic E-state index is 14.1. The van der Waals surface area contributed by atoms with Crippen LogP contribution in [0.2, 0.25) is 5.02 Å². The van der Waals surface area contributed by atoms with E-state index in [0.29, 0.717) is 16.4 Å². The van der Waals surface area contributed by atoms with Gasteiger partial charge in [-0.2, -0.15) is 4.98 Å². The summed E-state index contributed by atoms with van der Waals surface area (Å²) in [6, 6.07) is 12.6. The van der Waals surface area contributed by atoms with Crippen LogP contribution in [0.3, 0.4) is 0 Å². The molecule has 170 valence electrons. The molecule has 8 nitrogen and oxygen atoms in total. The van der Waals surface area contributed by atoms with Crippen LogP contribution in [0.5, 0.6) is 0 Å². The molecule has 2 aromatic carbocycles. The molecular formula is C21H22ClFN4O4S. The molecule has 0 saturated heterocycles. The molecule has 0 aliphatic heterocycles. The molecule has 0 radical (unpaired) electrons. The Hall–Kier alpha value is -2.98. The summed E-state index contributed by atoms with van der Waals surface area (Å²) in [5.74, 6) is -0.278. The highest BCUT2D eigenvalue weighted by Crippen LogP contribution is 2.22. The molecule has 0 aliphatic carbocycles. The van der Waals surface area contributed by atoms with Gasteiger partial charge in [0.2, 0.25) is 27.6 Å². The normalized spacial score (nSPS) is 11.4. The summed E-state index contributed by atoms with van der Waals surface area (Å²) in [6.45, 7) is 0.0638. The molecule has 0 aliphatic rings.